The molecular formula is C22H19N5O2. The van der Waals surface area contributed by atoms with Crippen LogP contribution in [0.15, 0.2) is 65.3 Å². The predicted octanol–water partition coefficient (Wildman–Crippen LogP) is 3.34. The number of hydrogen-bond acceptors (Lipinski definition) is 6. The highest BCUT2D eigenvalue weighted by Gasteiger charge is 2.40. The van der Waals surface area contributed by atoms with Crippen molar-refractivity contribution in [1.29, 1.82) is 0 Å². The minimum Gasteiger partial charge on any atom is -0.339 e. The third-order valence-electron chi connectivity index (χ3n) is 5.36. The molecule has 2 aromatic carbocycles. The maximum Gasteiger partial charge on any atom is 0.274 e. The molecule has 0 saturated carbocycles. The van der Waals surface area contributed by atoms with Crippen LogP contribution in [-0.4, -0.2) is 44.0 Å². The van der Waals surface area contributed by atoms with E-state index in [1.54, 1.807) is 18.0 Å². The average molecular weight is 385 g/mol. The molecule has 3 heterocycles. The summed E-state index contributed by atoms with van der Waals surface area (Å²) in [5.41, 5.74) is 2.97. The number of aromatic nitrogens is 4. The summed E-state index contributed by atoms with van der Waals surface area (Å²) in [6.45, 7) is 2.85. The Morgan fingerprint density at radius 1 is 0.966 bits per heavy atom. The van der Waals surface area contributed by atoms with Crippen molar-refractivity contribution in [3.63, 3.8) is 0 Å². The second kappa shape index (κ2) is 7.09. The van der Waals surface area contributed by atoms with E-state index >= 15 is 0 Å². The van der Waals surface area contributed by atoms with E-state index < -0.39 is 0 Å². The zero-order chi connectivity index (χ0) is 19.8. The van der Waals surface area contributed by atoms with Crippen molar-refractivity contribution in [2.24, 2.45) is 0 Å². The fraction of sp³-hybridized carbons (Fsp3) is 0.227. The van der Waals surface area contributed by atoms with Crippen molar-refractivity contribution in [3.8, 4) is 0 Å². The number of carbonyl (C=O) groups excluding carboxylic acids is 1. The van der Waals surface area contributed by atoms with Crippen molar-refractivity contribution >= 4 is 16.9 Å². The van der Waals surface area contributed by atoms with E-state index in [1.807, 2.05) is 42.5 Å². The molecule has 0 unspecified atom stereocenters. The van der Waals surface area contributed by atoms with Crippen LogP contribution in [0, 0.1) is 6.92 Å². The van der Waals surface area contributed by atoms with Gasteiger partial charge in [-0.15, -0.1) is 0 Å². The minimum absolute atomic E-state index is 0.0593. The molecule has 144 valence electrons. The SMILES string of the molecule is Cc1noc([C@@H]2CN(C(=O)c3cnc4ccccc4n3)C[C@@H]2c2ccccc2)n1. The summed E-state index contributed by atoms with van der Waals surface area (Å²) in [5, 5.41) is 3.94. The van der Waals surface area contributed by atoms with Gasteiger partial charge in [0, 0.05) is 19.0 Å². The van der Waals surface area contributed by atoms with Crippen LogP contribution in [0.1, 0.15) is 39.6 Å². The van der Waals surface area contributed by atoms with Crippen molar-refractivity contribution in [3.05, 3.63) is 83.8 Å². The van der Waals surface area contributed by atoms with Crippen LogP contribution < -0.4 is 0 Å². The van der Waals surface area contributed by atoms with Crippen molar-refractivity contribution in [2.75, 3.05) is 13.1 Å². The number of fused-ring (bicyclic) bond motifs is 1. The molecule has 7 heteroatoms. The Hall–Kier alpha value is -3.61. The van der Waals surface area contributed by atoms with Crippen LogP contribution in [-0.2, 0) is 0 Å². The number of hydrogen-bond donors (Lipinski definition) is 0. The van der Waals surface area contributed by atoms with Gasteiger partial charge in [-0.25, -0.2) is 4.98 Å². The van der Waals surface area contributed by atoms with E-state index in [2.05, 4.69) is 32.2 Å². The zero-order valence-corrected chi connectivity index (χ0v) is 15.9. The molecule has 0 bridgehead atoms. The Labute approximate surface area is 167 Å². The van der Waals surface area contributed by atoms with Crippen LogP contribution in [0.4, 0.5) is 0 Å². The fourth-order valence-electron chi connectivity index (χ4n) is 3.94. The molecule has 29 heavy (non-hydrogen) atoms. The second-order valence-electron chi connectivity index (χ2n) is 7.26. The summed E-state index contributed by atoms with van der Waals surface area (Å²) >= 11 is 0. The van der Waals surface area contributed by atoms with Gasteiger partial charge >= 0.3 is 0 Å². The van der Waals surface area contributed by atoms with Gasteiger partial charge in [-0.3, -0.25) is 9.78 Å². The molecular weight excluding hydrogens is 366 g/mol. The lowest BCUT2D eigenvalue weighted by Gasteiger charge is -2.16. The number of amides is 1. The summed E-state index contributed by atoms with van der Waals surface area (Å²) in [5.74, 6) is 1.04. The molecule has 1 fully saturated rings. The minimum atomic E-state index is -0.136. The maximum absolute atomic E-state index is 13.2. The third-order valence-corrected chi connectivity index (χ3v) is 5.36. The van der Waals surface area contributed by atoms with Crippen molar-refractivity contribution < 1.29 is 9.32 Å². The highest BCUT2D eigenvalue weighted by atomic mass is 16.5. The van der Waals surface area contributed by atoms with E-state index in [0.717, 1.165) is 11.1 Å². The number of nitrogens with zero attached hydrogens (tertiary/aromatic N) is 5. The molecule has 1 saturated heterocycles. The summed E-state index contributed by atoms with van der Waals surface area (Å²) < 4.78 is 5.46. The molecule has 2 aromatic heterocycles. The van der Waals surface area contributed by atoms with E-state index in [0.29, 0.717) is 36.0 Å². The van der Waals surface area contributed by atoms with Crippen molar-refractivity contribution in [2.45, 2.75) is 18.8 Å². The fourth-order valence-corrected chi connectivity index (χ4v) is 3.94. The number of aryl methyl sites for hydroxylation is 1. The van der Waals surface area contributed by atoms with E-state index in [9.17, 15) is 4.79 Å². The molecule has 1 amide bonds. The third kappa shape index (κ3) is 3.24. The Morgan fingerprint density at radius 3 is 2.45 bits per heavy atom. The van der Waals surface area contributed by atoms with Gasteiger partial charge in [-0.2, -0.15) is 4.98 Å². The van der Waals surface area contributed by atoms with Crippen LogP contribution in [0.3, 0.4) is 0 Å². The highest BCUT2D eigenvalue weighted by Crippen LogP contribution is 2.39. The number of para-hydroxylation sites is 2. The zero-order valence-electron chi connectivity index (χ0n) is 15.9. The molecule has 5 rings (SSSR count). The van der Waals surface area contributed by atoms with Crippen LogP contribution in [0.25, 0.3) is 11.0 Å². The van der Waals surface area contributed by atoms with Gasteiger partial charge in [-0.1, -0.05) is 47.6 Å². The first kappa shape index (κ1) is 17.5. The highest BCUT2D eigenvalue weighted by molar-refractivity contribution is 5.94. The Morgan fingerprint density at radius 2 is 1.69 bits per heavy atom. The molecule has 0 radical (unpaired) electrons. The molecule has 1 aliphatic rings. The first-order chi connectivity index (χ1) is 14.2. The van der Waals surface area contributed by atoms with Crippen LogP contribution >= 0.6 is 0 Å². The summed E-state index contributed by atoms with van der Waals surface area (Å²) in [4.78, 5) is 28.3. The normalized spacial score (nSPS) is 19.0. The Bertz CT molecular complexity index is 1170. The molecule has 0 spiro atoms. The van der Waals surface area contributed by atoms with Gasteiger partial charge in [0.25, 0.3) is 5.91 Å². The first-order valence-corrected chi connectivity index (χ1v) is 9.55. The monoisotopic (exact) mass is 385 g/mol. The molecule has 0 N–H and O–H groups in total. The van der Waals surface area contributed by atoms with Gasteiger partial charge in [-0.05, 0) is 24.6 Å². The number of carbonyl (C=O) groups is 1. The molecule has 1 aliphatic heterocycles. The van der Waals surface area contributed by atoms with Crippen LogP contribution in [0.5, 0.6) is 0 Å². The van der Waals surface area contributed by atoms with Gasteiger partial charge in [0.05, 0.1) is 23.1 Å². The van der Waals surface area contributed by atoms with E-state index in [4.69, 9.17) is 4.52 Å². The van der Waals surface area contributed by atoms with Crippen LogP contribution in [0.2, 0.25) is 0 Å². The lowest BCUT2D eigenvalue weighted by molar-refractivity contribution is 0.0782. The smallest absolute Gasteiger partial charge is 0.274 e. The Balaban J connectivity index is 1.47. The molecule has 0 aliphatic carbocycles. The number of benzene rings is 2. The lowest BCUT2D eigenvalue weighted by atomic mass is 9.89. The maximum atomic E-state index is 13.2. The standard InChI is InChI=1S/C22H19N5O2/c1-14-24-21(29-26-14)17-13-27(12-16(17)15-7-3-2-4-8-15)22(28)20-11-23-18-9-5-6-10-19(18)25-20/h2-11,16-17H,12-13H2,1H3/t16-,17-/m1/s1. The summed E-state index contributed by atoms with van der Waals surface area (Å²) in [7, 11) is 0. The number of likely N-dealkylation sites (tertiary alicyclic amines) is 1. The summed E-state index contributed by atoms with van der Waals surface area (Å²) in [6.07, 6.45) is 1.55. The number of rotatable bonds is 3. The van der Waals surface area contributed by atoms with E-state index in [-0.39, 0.29) is 17.7 Å². The lowest BCUT2D eigenvalue weighted by Crippen LogP contribution is -2.29. The average Bonchev–Trinajstić information content (AvgIpc) is 3.40. The quantitative estimate of drug-likeness (QED) is 0.538. The summed E-state index contributed by atoms with van der Waals surface area (Å²) in [6, 6.07) is 17.7. The predicted molar refractivity (Wildman–Crippen MR) is 106 cm³/mol. The second-order valence-corrected chi connectivity index (χ2v) is 7.26. The van der Waals surface area contributed by atoms with Gasteiger partial charge in [0.2, 0.25) is 5.89 Å². The topological polar surface area (TPSA) is 85.0 Å². The molecule has 2 atom stereocenters. The first-order valence-electron chi connectivity index (χ1n) is 9.55. The van der Waals surface area contributed by atoms with E-state index in [1.165, 1.54) is 0 Å². The molecule has 7 nitrogen and oxygen atoms in total. The van der Waals surface area contributed by atoms with Crippen molar-refractivity contribution in [1.82, 2.24) is 25.0 Å². The Kier molecular flexibility index (Phi) is 4.27. The van der Waals surface area contributed by atoms with Gasteiger partial charge in [0.1, 0.15) is 5.69 Å². The largest absolute Gasteiger partial charge is 0.339 e. The van der Waals surface area contributed by atoms with Gasteiger partial charge in [0.15, 0.2) is 5.82 Å². The van der Waals surface area contributed by atoms with Gasteiger partial charge < -0.3 is 9.42 Å². The molecule has 4 aromatic rings.